The van der Waals surface area contributed by atoms with Crippen molar-refractivity contribution in [1.29, 1.82) is 0 Å². The molecule has 0 atom stereocenters. The number of ether oxygens (including phenoxy) is 2. The maximum Gasteiger partial charge on any atom is 0.261 e. The first-order valence-electron chi connectivity index (χ1n) is 9.85. The van der Waals surface area contributed by atoms with Gasteiger partial charge in [0.05, 0.1) is 28.8 Å². The number of methoxy groups -OCH3 is 1. The number of amides is 1. The van der Waals surface area contributed by atoms with Gasteiger partial charge in [0.15, 0.2) is 0 Å². The molecule has 0 fully saturated rings. The van der Waals surface area contributed by atoms with Crippen LogP contribution in [0, 0.1) is 12.3 Å². The zero-order valence-corrected chi connectivity index (χ0v) is 18.8. The second-order valence-corrected chi connectivity index (χ2v) is 9.73. The van der Waals surface area contributed by atoms with Gasteiger partial charge in [-0.15, -0.1) is 0 Å². The van der Waals surface area contributed by atoms with E-state index in [1.807, 2.05) is 20.8 Å². The van der Waals surface area contributed by atoms with Gasteiger partial charge in [0.2, 0.25) is 5.91 Å². The SMILES string of the molecule is CCCN1C(=O)C(C)(C)COc2ccc(NS(=O)(=O)c3ccc(OC)c(C)c3)cc21. The van der Waals surface area contributed by atoms with Crippen molar-refractivity contribution in [3.63, 3.8) is 0 Å². The van der Waals surface area contributed by atoms with Crippen LogP contribution in [-0.4, -0.2) is 34.6 Å². The van der Waals surface area contributed by atoms with Crippen molar-refractivity contribution in [2.45, 2.75) is 39.0 Å². The summed E-state index contributed by atoms with van der Waals surface area (Å²) in [4.78, 5) is 14.8. The molecule has 1 amide bonds. The first-order valence-corrected chi connectivity index (χ1v) is 11.3. The minimum atomic E-state index is -3.81. The lowest BCUT2D eigenvalue weighted by molar-refractivity contribution is -0.127. The zero-order chi connectivity index (χ0) is 22.1. The summed E-state index contributed by atoms with van der Waals surface area (Å²) >= 11 is 0. The van der Waals surface area contributed by atoms with Crippen LogP contribution < -0.4 is 19.1 Å². The Labute approximate surface area is 178 Å². The lowest BCUT2D eigenvalue weighted by Gasteiger charge is -2.28. The highest BCUT2D eigenvalue weighted by Crippen LogP contribution is 2.38. The summed E-state index contributed by atoms with van der Waals surface area (Å²) in [6.45, 7) is 8.25. The number of nitrogens with zero attached hydrogens (tertiary/aromatic N) is 1. The molecular formula is C22H28N2O5S. The number of nitrogens with one attached hydrogen (secondary N) is 1. The van der Waals surface area contributed by atoms with E-state index in [0.717, 1.165) is 12.0 Å². The van der Waals surface area contributed by atoms with Crippen LogP contribution >= 0.6 is 0 Å². The quantitative estimate of drug-likeness (QED) is 0.747. The third kappa shape index (κ3) is 4.23. The van der Waals surface area contributed by atoms with Gasteiger partial charge in [-0.3, -0.25) is 9.52 Å². The van der Waals surface area contributed by atoms with E-state index in [0.29, 0.717) is 29.4 Å². The van der Waals surface area contributed by atoms with Crippen LogP contribution in [0.2, 0.25) is 0 Å². The maximum absolute atomic E-state index is 13.0. The van der Waals surface area contributed by atoms with Crippen molar-refractivity contribution in [2.24, 2.45) is 5.41 Å². The van der Waals surface area contributed by atoms with Crippen molar-refractivity contribution >= 4 is 27.3 Å². The normalized spacial score (nSPS) is 15.8. The zero-order valence-electron chi connectivity index (χ0n) is 18.0. The van der Waals surface area contributed by atoms with Gasteiger partial charge in [-0.25, -0.2) is 8.42 Å². The van der Waals surface area contributed by atoms with E-state index >= 15 is 0 Å². The number of sulfonamides is 1. The van der Waals surface area contributed by atoms with Gasteiger partial charge in [-0.05, 0) is 69.2 Å². The molecule has 0 aliphatic carbocycles. The number of benzene rings is 2. The van der Waals surface area contributed by atoms with Gasteiger partial charge >= 0.3 is 0 Å². The largest absolute Gasteiger partial charge is 0.496 e. The Bertz CT molecular complexity index is 1060. The van der Waals surface area contributed by atoms with Crippen molar-refractivity contribution < 1.29 is 22.7 Å². The van der Waals surface area contributed by atoms with E-state index in [2.05, 4.69) is 4.72 Å². The Hall–Kier alpha value is -2.74. The van der Waals surface area contributed by atoms with Crippen molar-refractivity contribution in [1.82, 2.24) is 0 Å². The number of anilines is 2. The van der Waals surface area contributed by atoms with Crippen LogP contribution in [0.3, 0.4) is 0 Å². The summed E-state index contributed by atoms with van der Waals surface area (Å²) in [5.41, 5.74) is 0.977. The molecule has 1 heterocycles. The molecule has 0 aromatic heterocycles. The number of aryl methyl sites for hydroxylation is 1. The van der Waals surface area contributed by atoms with Gasteiger partial charge in [-0.1, -0.05) is 6.92 Å². The van der Waals surface area contributed by atoms with Crippen LogP contribution in [0.4, 0.5) is 11.4 Å². The molecule has 7 nitrogen and oxygen atoms in total. The fourth-order valence-electron chi connectivity index (χ4n) is 3.39. The second-order valence-electron chi connectivity index (χ2n) is 8.05. The van der Waals surface area contributed by atoms with Crippen molar-refractivity contribution in [3.8, 4) is 11.5 Å². The number of rotatable bonds is 6. The first-order chi connectivity index (χ1) is 14.1. The van der Waals surface area contributed by atoms with Gasteiger partial charge in [0, 0.05) is 6.54 Å². The molecule has 0 saturated carbocycles. The predicted molar refractivity (Wildman–Crippen MR) is 117 cm³/mol. The monoisotopic (exact) mass is 432 g/mol. The number of fused-ring (bicyclic) bond motifs is 1. The van der Waals surface area contributed by atoms with Gasteiger partial charge in [-0.2, -0.15) is 0 Å². The number of carbonyl (C=O) groups is 1. The van der Waals surface area contributed by atoms with E-state index in [1.165, 1.54) is 13.2 Å². The molecule has 30 heavy (non-hydrogen) atoms. The highest BCUT2D eigenvalue weighted by molar-refractivity contribution is 7.92. The summed E-state index contributed by atoms with van der Waals surface area (Å²) in [6.07, 6.45) is 0.766. The number of hydrogen-bond acceptors (Lipinski definition) is 5. The fourth-order valence-corrected chi connectivity index (χ4v) is 4.52. The fraction of sp³-hybridized carbons (Fsp3) is 0.409. The topological polar surface area (TPSA) is 84.9 Å². The summed E-state index contributed by atoms with van der Waals surface area (Å²) in [7, 11) is -2.27. The molecule has 1 N–H and O–H groups in total. The highest BCUT2D eigenvalue weighted by Gasteiger charge is 2.37. The van der Waals surface area contributed by atoms with Crippen LogP contribution in [0.15, 0.2) is 41.3 Å². The Morgan fingerprint density at radius 1 is 1.20 bits per heavy atom. The average Bonchev–Trinajstić information content (AvgIpc) is 2.78. The Morgan fingerprint density at radius 3 is 2.57 bits per heavy atom. The second kappa shape index (κ2) is 8.18. The molecule has 0 saturated heterocycles. The predicted octanol–water partition coefficient (Wildman–Crippen LogP) is 3.97. The molecular weight excluding hydrogens is 404 g/mol. The molecule has 1 aliphatic heterocycles. The van der Waals surface area contributed by atoms with Crippen LogP contribution in [-0.2, 0) is 14.8 Å². The van der Waals surface area contributed by atoms with Crippen LogP contribution in [0.25, 0.3) is 0 Å². The smallest absolute Gasteiger partial charge is 0.261 e. The summed E-state index contributed by atoms with van der Waals surface area (Å²) in [6, 6.07) is 9.67. The van der Waals surface area contributed by atoms with Crippen molar-refractivity contribution in [2.75, 3.05) is 29.9 Å². The molecule has 8 heteroatoms. The lowest BCUT2D eigenvalue weighted by atomic mass is 9.93. The molecule has 162 valence electrons. The standard InChI is InChI=1S/C22H28N2O5S/c1-6-11-24-18-13-16(7-9-20(18)29-14-22(3,4)21(24)25)23-30(26,27)17-8-10-19(28-5)15(2)12-17/h7-10,12-13,23H,6,11,14H2,1-5H3. The highest BCUT2D eigenvalue weighted by atomic mass is 32.2. The van der Waals surface area contributed by atoms with Gasteiger partial charge in [0.25, 0.3) is 10.0 Å². The minimum Gasteiger partial charge on any atom is -0.496 e. The Morgan fingerprint density at radius 2 is 1.93 bits per heavy atom. The Kier molecular flexibility index (Phi) is 5.99. The van der Waals surface area contributed by atoms with E-state index in [1.54, 1.807) is 42.2 Å². The number of carbonyl (C=O) groups excluding carboxylic acids is 1. The van der Waals surface area contributed by atoms with Crippen LogP contribution in [0.5, 0.6) is 11.5 Å². The summed E-state index contributed by atoms with van der Waals surface area (Å²) in [5.74, 6) is 1.13. The number of hydrogen-bond donors (Lipinski definition) is 1. The third-order valence-electron chi connectivity index (χ3n) is 5.04. The molecule has 2 aromatic rings. The van der Waals surface area contributed by atoms with Gasteiger partial charge < -0.3 is 14.4 Å². The summed E-state index contributed by atoms with van der Waals surface area (Å²) < 4.78 is 39.5. The maximum atomic E-state index is 13.0. The Balaban J connectivity index is 1.97. The van der Waals surface area contributed by atoms with Gasteiger partial charge in [0.1, 0.15) is 18.1 Å². The summed E-state index contributed by atoms with van der Waals surface area (Å²) in [5, 5.41) is 0. The average molecular weight is 433 g/mol. The van der Waals surface area contributed by atoms with Crippen LogP contribution in [0.1, 0.15) is 32.8 Å². The lowest BCUT2D eigenvalue weighted by Crippen LogP contribution is -2.42. The molecule has 0 radical (unpaired) electrons. The molecule has 0 spiro atoms. The molecule has 0 bridgehead atoms. The molecule has 3 rings (SSSR count). The molecule has 1 aliphatic rings. The molecule has 0 unspecified atom stereocenters. The van der Waals surface area contributed by atoms with E-state index in [9.17, 15) is 13.2 Å². The van der Waals surface area contributed by atoms with E-state index in [-0.39, 0.29) is 17.4 Å². The van der Waals surface area contributed by atoms with E-state index in [4.69, 9.17) is 9.47 Å². The van der Waals surface area contributed by atoms with E-state index < -0.39 is 15.4 Å². The first kappa shape index (κ1) is 22.0. The molecule has 2 aromatic carbocycles. The van der Waals surface area contributed by atoms with Crippen molar-refractivity contribution in [3.05, 3.63) is 42.0 Å². The minimum absolute atomic E-state index is 0.0473. The third-order valence-corrected chi connectivity index (χ3v) is 6.42.